The van der Waals surface area contributed by atoms with Crippen molar-refractivity contribution in [1.82, 2.24) is 0 Å². The average Bonchev–Trinajstić information content (AvgIpc) is 2.69. The minimum absolute atomic E-state index is 0.111. The molecule has 3 aromatic rings. The van der Waals surface area contributed by atoms with E-state index in [4.69, 9.17) is 9.47 Å². The molecule has 0 atom stereocenters. The second-order valence-electron chi connectivity index (χ2n) is 7.02. The lowest BCUT2D eigenvalue weighted by molar-refractivity contribution is 0.299. The van der Waals surface area contributed by atoms with Gasteiger partial charge in [0.2, 0.25) is 0 Å². The summed E-state index contributed by atoms with van der Waals surface area (Å²) < 4.78 is 10.8. The fraction of sp³-hybridized carbons (Fsp3) is 0.280. The van der Waals surface area contributed by atoms with Gasteiger partial charge in [0.05, 0.1) is 14.2 Å². The molecule has 0 fully saturated rings. The zero-order chi connectivity index (χ0) is 20.3. The first-order valence-corrected chi connectivity index (χ1v) is 9.45. The first-order chi connectivity index (χ1) is 13.5. The van der Waals surface area contributed by atoms with Gasteiger partial charge in [-0.25, -0.2) is 0 Å². The molecule has 0 aliphatic rings. The molecule has 0 bridgehead atoms. The van der Waals surface area contributed by atoms with Crippen molar-refractivity contribution in [2.75, 3.05) is 20.8 Å². The lowest BCUT2D eigenvalue weighted by atomic mass is 9.86. The van der Waals surface area contributed by atoms with E-state index in [2.05, 4.69) is 51.1 Å². The van der Waals surface area contributed by atoms with Gasteiger partial charge in [-0.3, -0.25) is 0 Å². The number of hydrogen-bond acceptors (Lipinski definition) is 3. The molecule has 3 heteroatoms. The minimum atomic E-state index is 0.111. The van der Waals surface area contributed by atoms with Crippen LogP contribution in [0.25, 0.3) is 22.3 Å². The maximum absolute atomic E-state index is 9.45. The van der Waals surface area contributed by atoms with Gasteiger partial charge in [0.15, 0.2) is 0 Å². The van der Waals surface area contributed by atoms with Crippen molar-refractivity contribution in [2.24, 2.45) is 0 Å². The van der Waals surface area contributed by atoms with Crippen molar-refractivity contribution < 1.29 is 14.6 Å². The van der Waals surface area contributed by atoms with Gasteiger partial charge in [0.1, 0.15) is 11.5 Å². The molecule has 3 nitrogen and oxygen atoms in total. The molecular weight excluding hydrogens is 348 g/mol. The van der Waals surface area contributed by atoms with Crippen LogP contribution < -0.4 is 9.47 Å². The Balaban J connectivity index is 2.24. The van der Waals surface area contributed by atoms with Crippen molar-refractivity contribution in [3.8, 4) is 33.8 Å². The number of methoxy groups -OCH3 is 2. The minimum Gasteiger partial charge on any atom is -0.496 e. The van der Waals surface area contributed by atoms with Crippen LogP contribution in [-0.4, -0.2) is 25.9 Å². The predicted molar refractivity (Wildman–Crippen MR) is 114 cm³/mol. The van der Waals surface area contributed by atoms with Crippen LogP contribution in [-0.2, 0) is 6.42 Å². The molecule has 0 aromatic heterocycles. The number of ether oxygens (including phenoxy) is 2. The monoisotopic (exact) mass is 375 g/mol. The average molecular weight is 375 g/mol. The number of hydrogen-bond donors (Lipinski definition) is 1. The second kappa shape index (κ2) is 8.49. The highest BCUT2D eigenvalue weighted by atomic mass is 16.5. The summed E-state index contributed by atoms with van der Waals surface area (Å²) in [4.78, 5) is 0. The molecule has 3 rings (SSSR count). The summed E-state index contributed by atoms with van der Waals surface area (Å²) in [6.07, 6.45) is 0.593. The number of aliphatic hydroxyl groups is 1. The van der Waals surface area contributed by atoms with Gasteiger partial charge >= 0.3 is 0 Å². The van der Waals surface area contributed by atoms with Crippen LogP contribution in [0, 0.1) is 26.8 Å². The van der Waals surface area contributed by atoms with Crippen LogP contribution in [0.3, 0.4) is 0 Å². The summed E-state index contributed by atoms with van der Waals surface area (Å²) in [5, 5.41) is 9.45. The molecule has 0 amide bonds. The van der Waals surface area contributed by atoms with Crippen LogP contribution in [0.2, 0.25) is 0 Å². The quantitative estimate of drug-likeness (QED) is 0.635. The smallest absolute Gasteiger partial charge is 0.121 e. The molecule has 0 unspecified atom stereocenters. The molecule has 0 aliphatic heterocycles. The Morgan fingerprint density at radius 2 is 1.43 bits per heavy atom. The van der Waals surface area contributed by atoms with Gasteiger partial charge in [-0.1, -0.05) is 12.1 Å². The number of aliphatic hydroxyl groups excluding tert-OH is 1. The highest BCUT2D eigenvalue weighted by Gasteiger charge is 2.16. The molecule has 0 spiro atoms. The van der Waals surface area contributed by atoms with E-state index in [9.17, 15) is 5.11 Å². The van der Waals surface area contributed by atoms with Crippen LogP contribution in [0.15, 0.2) is 42.5 Å². The van der Waals surface area contributed by atoms with E-state index in [1.54, 1.807) is 14.2 Å². The highest BCUT2D eigenvalue weighted by molar-refractivity contribution is 5.87. The topological polar surface area (TPSA) is 38.7 Å². The Kier molecular flexibility index (Phi) is 6.05. The Bertz CT molecular complexity index is 989. The fourth-order valence-corrected chi connectivity index (χ4v) is 3.74. The first-order valence-electron chi connectivity index (χ1n) is 9.45. The van der Waals surface area contributed by atoms with Gasteiger partial charge in [0, 0.05) is 6.61 Å². The zero-order valence-corrected chi connectivity index (χ0v) is 17.2. The van der Waals surface area contributed by atoms with E-state index in [1.165, 1.54) is 0 Å². The van der Waals surface area contributed by atoms with Gasteiger partial charge in [0.25, 0.3) is 0 Å². The molecule has 28 heavy (non-hydrogen) atoms. The molecule has 1 radical (unpaired) electrons. The van der Waals surface area contributed by atoms with E-state index >= 15 is 0 Å². The van der Waals surface area contributed by atoms with Gasteiger partial charge < -0.3 is 14.6 Å². The third-order valence-electron chi connectivity index (χ3n) is 5.24. The maximum Gasteiger partial charge on any atom is 0.121 e. The molecule has 0 aliphatic carbocycles. The van der Waals surface area contributed by atoms with Gasteiger partial charge in [-0.15, -0.1) is 0 Å². The third-order valence-corrected chi connectivity index (χ3v) is 5.24. The summed E-state index contributed by atoms with van der Waals surface area (Å²) in [5.41, 5.74) is 8.91. The molecule has 1 N–H and O–H groups in total. The van der Waals surface area contributed by atoms with Gasteiger partial charge in [-0.05, 0) is 108 Å². The summed E-state index contributed by atoms with van der Waals surface area (Å²) in [5.74, 6) is 1.75. The zero-order valence-electron chi connectivity index (χ0n) is 17.2. The highest BCUT2D eigenvalue weighted by Crippen LogP contribution is 2.39. The normalized spacial score (nSPS) is 10.8. The Labute approximate surface area is 167 Å². The van der Waals surface area contributed by atoms with Crippen molar-refractivity contribution in [2.45, 2.75) is 27.2 Å². The Morgan fingerprint density at radius 1 is 0.857 bits per heavy atom. The Hall–Kier alpha value is -2.78. The second-order valence-corrected chi connectivity index (χ2v) is 7.02. The van der Waals surface area contributed by atoms with Crippen LogP contribution in [0.1, 0.15) is 22.3 Å². The molecule has 145 valence electrons. The molecular formula is C25H27O3. The lowest BCUT2D eigenvalue weighted by Crippen LogP contribution is -2.00. The van der Waals surface area contributed by atoms with Crippen molar-refractivity contribution in [3.63, 3.8) is 0 Å². The van der Waals surface area contributed by atoms with Crippen molar-refractivity contribution >= 4 is 0 Å². The Morgan fingerprint density at radius 3 is 1.96 bits per heavy atom. The molecule has 0 saturated heterocycles. The standard InChI is InChI=1S/C25H27O3/c1-16-14-20(7-10-23(16)27-4)22-9-6-19(12-13-26)18(3)25(22)21-8-11-24(28-5)17(2)15-21/h7-11,14-15,26H,12-13H2,1-5H3. The van der Waals surface area contributed by atoms with E-state index < -0.39 is 0 Å². The number of aryl methyl sites for hydroxylation is 2. The largest absolute Gasteiger partial charge is 0.496 e. The predicted octanol–water partition coefficient (Wildman–Crippen LogP) is 5.30. The van der Waals surface area contributed by atoms with Gasteiger partial charge in [-0.2, -0.15) is 0 Å². The third kappa shape index (κ3) is 3.76. The van der Waals surface area contributed by atoms with Crippen molar-refractivity contribution in [1.29, 1.82) is 0 Å². The molecule has 0 saturated carbocycles. The molecule has 3 aromatic carbocycles. The van der Waals surface area contributed by atoms with Crippen LogP contribution in [0.5, 0.6) is 11.5 Å². The summed E-state index contributed by atoms with van der Waals surface area (Å²) in [6.45, 7) is 6.32. The molecule has 0 heterocycles. The summed E-state index contributed by atoms with van der Waals surface area (Å²) in [7, 11) is 3.38. The van der Waals surface area contributed by atoms with Crippen molar-refractivity contribution in [3.05, 3.63) is 70.8 Å². The SMILES string of the molecule is COc1ccc(-c2c[c]c(CCO)c(C)c2-c2ccc(OC)c(C)c2)cc1C. The first kappa shape index (κ1) is 20.0. The lowest BCUT2D eigenvalue weighted by Gasteiger charge is -2.18. The number of benzene rings is 3. The van der Waals surface area contributed by atoms with E-state index in [1.807, 2.05) is 18.2 Å². The number of rotatable bonds is 6. The van der Waals surface area contributed by atoms with E-state index in [0.29, 0.717) is 6.42 Å². The van der Waals surface area contributed by atoms with E-state index in [0.717, 1.165) is 56.0 Å². The van der Waals surface area contributed by atoms with E-state index in [-0.39, 0.29) is 6.61 Å². The van der Waals surface area contributed by atoms with Crippen LogP contribution >= 0.6 is 0 Å². The van der Waals surface area contributed by atoms with Crippen LogP contribution in [0.4, 0.5) is 0 Å². The summed E-state index contributed by atoms with van der Waals surface area (Å²) >= 11 is 0. The maximum atomic E-state index is 9.45. The fourth-order valence-electron chi connectivity index (χ4n) is 3.74. The summed E-state index contributed by atoms with van der Waals surface area (Å²) in [6, 6.07) is 17.9.